The molecule has 170 valence electrons. The van der Waals surface area contributed by atoms with Gasteiger partial charge >= 0.3 is 5.97 Å². The highest BCUT2D eigenvalue weighted by Gasteiger charge is 2.71. The van der Waals surface area contributed by atoms with E-state index in [9.17, 15) is 10.1 Å². The summed E-state index contributed by atoms with van der Waals surface area (Å²) < 4.78 is 44.7. The maximum absolute atomic E-state index is 16.2. The molecule has 1 unspecified atom stereocenters. The van der Waals surface area contributed by atoms with Gasteiger partial charge in [0.1, 0.15) is 24.0 Å². The molecule has 0 saturated carbocycles. The number of hydrogen-bond donors (Lipinski definition) is 1. The summed E-state index contributed by atoms with van der Waals surface area (Å²) in [5.74, 6) is -3.35. The predicted molar refractivity (Wildman–Crippen MR) is 107 cm³/mol. The monoisotopic (exact) mass is 455 g/mol. The zero-order valence-corrected chi connectivity index (χ0v) is 17.3. The second-order valence-electron chi connectivity index (χ2n) is 7.48. The third-order valence-electron chi connectivity index (χ3n) is 5.58. The van der Waals surface area contributed by atoms with Gasteiger partial charge in [-0.25, -0.2) is 18.7 Å². The summed E-state index contributed by atoms with van der Waals surface area (Å²) in [6, 6.07) is 13.1. The van der Waals surface area contributed by atoms with E-state index < -0.39 is 42.7 Å². The molecule has 1 aromatic carbocycles. The normalized spacial score (nSPS) is 30.8. The summed E-state index contributed by atoms with van der Waals surface area (Å²) in [6.07, 6.45) is -1.53. The quantitative estimate of drug-likeness (QED) is 0.559. The van der Waals surface area contributed by atoms with Crippen LogP contribution in [-0.2, 0) is 29.3 Å². The maximum Gasteiger partial charge on any atom is 0.338 e. The van der Waals surface area contributed by atoms with Crippen molar-refractivity contribution in [3.05, 3.63) is 60.0 Å². The fourth-order valence-corrected chi connectivity index (χ4v) is 4.05. The standard InChI is InChI=1S/C21H18FN5O6/c1-29-19-31-15-16(32-19)21(22,10-30-18(28)12-5-3-2-4-6-12)33-20(15,9-23)14-8-7-13-17(24)25-11-26-27(13)14/h2-8,11,15-16,19H,10H2,1H3,(H2,24,25,26)/t15-,16+,19?,20+,21-/m1/s1. The molecule has 0 bridgehead atoms. The molecule has 0 aliphatic carbocycles. The van der Waals surface area contributed by atoms with E-state index in [2.05, 4.69) is 10.1 Å². The number of methoxy groups -OCH3 is 1. The summed E-state index contributed by atoms with van der Waals surface area (Å²) in [4.78, 5) is 16.3. The van der Waals surface area contributed by atoms with Crippen molar-refractivity contribution in [2.75, 3.05) is 19.5 Å². The van der Waals surface area contributed by atoms with Crippen LogP contribution in [0.2, 0.25) is 0 Å². The average molecular weight is 455 g/mol. The summed E-state index contributed by atoms with van der Waals surface area (Å²) >= 11 is 0. The fourth-order valence-electron chi connectivity index (χ4n) is 4.05. The molecule has 5 atom stereocenters. The van der Waals surface area contributed by atoms with Gasteiger partial charge in [0.2, 0.25) is 5.60 Å². The van der Waals surface area contributed by atoms with E-state index in [1.165, 1.54) is 36.2 Å². The highest BCUT2D eigenvalue weighted by Crippen LogP contribution is 2.52. The van der Waals surface area contributed by atoms with Crippen LogP contribution in [0, 0.1) is 11.3 Å². The SMILES string of the molecule is COC1O[C@@H]2[C@H](O1)[C@@](F)(COC(=O)c1ccccc1)O[C@@]2(C#N)c1ccc2c(N)ncnn12. The Hall–Kier alpha value is -3.63. The largest absolute Gasteiger partial charge is 0.456 e. The van der Waals surface area contributed by atoms with Crippen molar-refractivity contribution in [1.82, 2.24) is 14.6 Å². The lowest BCUT2D eigenvalue weighted by molar-refractivity contribution is -0.297. The van der Waals surface area contributed by atoms with Gasteiger partial charge in [-0.05, 0) is 24.3 Å². The number of hydrogen-bond acceptors (Lipinski definition) is 10. The number of benzene rings is 1. The minimum absolute atomic E-state index is 0.137. The molecule has 0 radical (unpaired) electrons. The van der Waals surface area contributed by atoms with Gasteiger partial charge in [-0.2, -0.15) is 10.4 Å². The van der Waals surface area contributed by atoms with E-state index in [1.807, 2.05) is 6.07 Å². The van der Waals surface area contributed by atoms with Gasteiger partial charge in [0.25, 0.3) is 12.3 Å². The summed E-state index contributed by atoms with van der Waals surface area (Å²) in [5, 5.41) is 14.3. The predicted octanol–water partition coefficient (Wildman–Crippen LogP) is 1.30. The van der Waals surface area contributed by atoms with Crippen molar-refractivity contribution >= 4 is 17.3 Å². The first-order valence-corrected chi connectivity index (χ1v) is 9.87. The second-order valence-corrected chi connectivity index (χ2v) is 7.48. The molecule has 2 aromatic heterocycles. The summed E-state index contributed by atoms with van der Waals surface area (Å²) in [7, 11) is 1.30. The van der Waals surface area contributed by atoms with E-state index in [0.29, 0.717) is 5.52 Å². The molecule has 11 nitrogen and oxygen atoms in total. The number of halogens is 1. The molecule has 0 amide bonds. The Labute approximate surface area is 186 Å². The van der Waals surface area contributed by atoms with Crippen molar-refractivity contribution in [1.29, 1.82) is 5.26 Å². The smallest absolute Gasteiger partial charge is 0.338 e. The first-order valence-electron chi connectivity index (χ1n) is 9.87. The molecule has 2 saturated heterocycles. The number of anilines is 1. The van der Waals surface area contributed by atoms with E-state index >= 15 is 4.39 Å². The Kier molecular flexibility index (Phi) is 4.98. The molecule has 33 heavy (non-hydrogen) atoms. The number of nitriles is 1. The van der Waals surface area contributed by atoms with Gasteiger partial charge in [-0.3, -0.25) is 0 Å². The Morgan fingerprint density at radius 1 is 1.27 bits per heavy atom. The van der Waals surface area contributed by atoms with Crippen LogP contribution in [0.1, 0.15) is 16.1 Å². The average Bonchev–Trinajstić information content (AvgIpc) is 3.53. The number of nitrogens with two attached hydrogens (primary N) is 1. The molecule has 2 aliphatic rings. The van der Waals surface area contributed by atoms with Crippen molar-refractivity contribution in [3.8, 4) is 6.07 Å². The Bertz CT molecular complexity index is 1250. The summed E-state index contributed by atoms with van der Waals surface area (Å²) in [5.41, 5.74) is 4.61. The van der Waals surface area contributed by atoms with Crippen molar-refractivity contribution in [3.63, 3.8) is 0 Å². The number of carbonyl (C=O) groups excluding carboxylic acids is 1. The number of carbonyl (C=O) groups is 1. The lowest BCUT2D eigenvalue weighted by Gasteiger charge is -2.28. The van der Waals surface area contributed by atoms with Crippen LogP contribution in [-0.4, -0.2) is 58.8 Å². The zero-order valence-electron chi connectivity index (χ0n) is 17.3. The van der Waals surface area contributed by atoms with Crippen molar-refractivity contribution < 1.29 is 32.9 Å². The molecule has 12 heteroatoms. The van der Waals surface area contributed by atoms with Gasteiger partial charge in [0.05, 0.1) is 11.3 Å². The van der Waals surface area contributed by atoms with Crippen LogP contribution in [0.4, 0.5) is 10.2 Å². The number of rotatable bonds is 5. The van der Waals surface area contributed by atoms with Gasteiger partial charge < -0.3 is 29.4 Å². The Morgan fingerprint density at radius 2 is 2.03 bits per heavy atom. The van der Waals surface area contributed by atoms with Crippen LogP contribution in [0.5, 0.6) is 0 Å². The molecule has 2 aliphatic heterocycles. The Morgan fingerprint density at radius 3 is 2.76 bits per heavy atom. The van der Waals surface area contributed by atoms with Crippen LogP contribution >= 0.6 is 0 Å². The highest BCUT2D eigenvalue weighted by molar-refractivity contribution is 5.89. The number of nitrogens with zero attached hydrogens (tertiary/aromatic N) is 4. The number of alkyl halides is 1. The molecular weight excluding hydrogens is 437 g/mol. The minimum Gasteiger partial charge on any atom is -0.456 e. The highest BCUT2D eigenvalue weighted by atomic mass is 19.2. The van der Waals surface area contributed by atoms with Gasteiger partial charge in [-0.15, -0.1) is 0 Å². The molecule has 5 rings (SSSR count). The number of fused-ring (bicyclic) bond motifs is 2. The first-order chi connectivity index (χ1) is 15.9. The molecular formula is C21H18FN5O6. The van der Waals surface area contributed by atoms with Crippen molar-refractivity contribution in [2.45, 2.75) is 30.1 Å². The van der Waals surface area contributed by atoms with Gasteiger partial charge in [0.15, 0.2) is 18.5 Å². The van der Waals surface area contributed by atoms with Crippen LogP contribution in [0.15, 0.2) is 48.8 Å². The molecule has 0 spiro atoms. The second kappa shape index (κ2) is 7.75. The van der Waals surface area contributed by atoms with Crippen molar-refractivity contribution in [2.24, 2.45) is 0 Å². The van der Waals surface area contributed by atoms with Crippen LogP contribution < -0.4 is 5.73 Å². The lowest BCUT2D eigenvalue weighted by Crippen LogP contribution is -2.43. The lowest BCUT2D eigenvalue weighted by atomic mass is 9.92. The van der Waals surface area contributed by atoms with E-state index in [0.717, 1.165) is 0 Å². The summed E-state index contributed by atoms with van der Waals surface area (Å²) in [6.45, 7) is -2.12. The topological polar surface area (TPSA) is 143 Å². The van der Waals surface area contributed by atoms with E-state index in [4.69, 9.17) is 29.4 Å². The minimum atomic E-state index is -2.74. The van der Waals surface area contributed by atoms with E-state index in [-0.39, 0.29) is 17.1 Å². The number of ether oxygens (including phenoxy) is 5. The van der Waals surface area contributed by atoms with E-state index in [1.54, 1.807) is 24.3 Å². The third-order valence-corrected chi connectivity index (χ3v) is 5.58. The maximum atomic E-state index is 16.2. The zero-order chi connectivity index (χ0) is 23.2. The van der Waals surface area contributed by atoms with Gasteiger partial charge in [0, 0.05) is 7.11 Å². The molecule has 4 heterocycles. The Balaban J connectivity index is 1.52. The van der Waals surface area contributed by atoms with Crippen LogP contribution in [0.25, 0.3) is 5.52 Å². The van der Waals surface area contributed by atoms with Gasteiger partial charge in [-0.1, -0.05) is 18.2 Å². The van der Waals surface area contributed by atoms with Crippen LogP contribution in [0.3, 0.4) is 0 Å². The molecule has 2 N–H and O–H groups in total. The molecule has 2 fully saturated rings. The first kappa shape index (κ1) is 21.2. The number of nitrogen functional groups attached to an aromatic ring is 1. The molecule has 3 aromatic rings. The fraction of sp³-hybridized carbons (Fsp3) is 0.333. The number of esters is 1. The number of aromatic nitrogens is 3. The third kappa shape index (κ3) is 3.21.